The lowest BCUT2D eigenvalue weighted by molar-refractivity contribution is 0.219. The molecule has 140 valence electrons. The fourth-order valence-electron chi connectivity index (χ4n) is 3.71. The number of aromatic hydroxyl groups is 1. The number of hydrogen-bond acceptors (Lipinski definition) is 5. The molecule has 1 aromatic heterocycles. The first-order valence-electron chi connectivity index (χ1n) is 9.31. The van der Waals surface area contributed by atoms with Gasteiger partial charge in [-0.15, -0.1) is 0 Å². The molecule has 2 aromatic carbocycles. The molecule has 0 saturated carbocycles. The molecule has 0 amide bonds. The molecule has 1 aliphatic rings. The van der Waals surface area contributed by atoms with Gasteiger partial charge < -0.3 is 14.3 Å². The van der Waals surface area contributed by atoms with Gasteiger partial charge in [0.15, 0.2) is 5.43 Å². The number of benzene rings is 2. The summed E-state index contributed by atoms with van der Waals surface area (Å²) in [6.07, 6.45) is 3.55. The van der Waals surface area contributed by atoms with Crippen molar-refractivity contribution in [2.24, 2.45) is 0 Å². The SMILES string of the molecule is COc1ccc(-c2cc(=O)c3c(CN4CCCCC4)c(O)ccc3o2)cc1. The standard InChI is InChI=1S/C22H23NO4/c1-26-16-7-5-15(6-8-16)21-13-19(25)22-17(14-23-11-3-2-4-12-23)18(24)9-10-20(22)27-21/h5-10,13,24H,2-4,11-12,14H2,1H3. The summed E-state index contributed by atoms with van der Waals surface area (Å²) in [4.78, 5) is 15.2. The third-order valence-electron chi connectivity index (χ3n) is 5.18. The lowest BCUT2D eigenvalue weighted by Gasteiger charge is -2.27. The van der Waals surface area contributed by atoms with E-state index in [2.05, 4.69) is 4.90 Å². The van der Waals surface area contributed by atoms with Crippen molar-refractivity contribution in [2.75, 3.05) is 20.2 Å². The van der Waals surface area contributed by atoms with E-state index < -0.39 is 0 Å². The highest BCUT2D eigenvalue weighted by atomic mass is 16.5. The molecule has 0 aliphatic carbocycles. The maximum absolute atomic E-state index is 12.9. The van der Waals surface area contributed by atoms with E-state index in [1.54, 1.807) is 19.2 Å². The minimum absolute atomic E-state index is 0.134. The van der Waals surface area contributed by atoms with Crippen LogP contribution >= 0.6 is 0 Å². The van der Waals surface area contributed by atoms with Crippen LogP contribution in [0.4, 0.5) is 0 Å². The number of nitrogens with zero attached hydrogens (tertiary/aromatic N) is 1. The minimum Gasteiger partial charge on any atom is -0.508 e. The second-order valence-corrected chi connectivity index (χ2v) is 6.98. The molecule has 5 heteroatoms. The van der Waals surface area contributed by atoms with E-state index in [-0.39, 0.29) is 11.2 Å². The molecule has 1 fully saturated rings. The van der Waals surface area contributed by atoms with Crippen molar-refractivity contribution in [3.05, 3.63) is 58.3 Å². The van der Waals surface area contributed by atoms with Crippen LogP contribution in [0.5, 0.6) is 11.5 Å². The summed E-state index contributed by atoms with van der Waals surface area (Å²) in [5.41, 5.74) is 1.83. The Morgan fingerprint density at radius 2 is 1.81 bits per heavy atom. The highest BCUT2D eigenvalue weighted by Crippen LogP contribution is 2.30. The van der Waals surface area contributed by atoms with Crippen molar-refractivity contribution in [1.29, 1.82) is 0 Å². The van der Waals surface area contributed by atoms with Gasteiger partial charge >= 0.3 is 0 Å². The molecule has 2 heterocycles. The predicted molar refractivity (Wildman–Crippen MR) is 105 cm³/mol. The number of methoxy groups -OCH3 is 1. The van der Waals surface area contributed by atoms with E-state index in [0.29, 0.717) is 28.8 Å². The van der Waals surface area contributed by atoms with E-state index in [9.17, 15) is 9.90 Å². The van der Waals surface area contributed by atoms with E-state index in [4.69, 9.17) is 9.15 Å². The number of likely N-dealkylation sites (tertiary alicyclic amines) is 1. The van der Waals surface area contributed by atoms with Crippen LogP contribution in [0.2, 0.25) is 0 Å². The molecular formula is C22H23NO4. The number of fused-ring (bicyclic) bond motifs is 1. The number of ether oxygens (including phenoxy) is 1. The van der Waals surface area contributed by atoms with Crippen molar-refractivity contribution in [3.63, 3.8) is 0 Å². The zero-order chi connectivity index (χ0) is 18.8. The molecular weight excluding hydrogens is 342 g/mol. The normalized spacial score (nSPS) is 15.1. The number of rotatable bonds is 4. The molecule has 0 bridgehead atoms. The smallest absolute Gasteiger partial charge is 0.193 e. The number of phenolic OH excluding ortho intramolecular Hbond substituents is 1. The van der Waals surface area contributed by atoms with Gasteiger partial charge in [-0.25, -0.2) is 0 Å². The average Bonchev–Trinajstić information content (AvgIpc) is 2.71. The molecule has 0 atom stereocenters. The number of hydrogen-bond donors (Lipinski definition) is 1. The van der Waals surface area contributed by atoms with Crippen LogP contribution in [0.3, 0.4) is 0 Å². The lowest BCUT2D eigenvalue weighted by atomic mass is 10.0. The van der Waals surface area contributed by atoms with Gasteiger partial charge in [0.05, 0.1) is 12.5 Å². The molecule has 27 heavy (non-hydrogen) atoms. The molecule has 0 unspecified atom stereocenters. The Kier molecular flexibility index (Phi) is 4.86. The average molecular weight is 365 g/mol. The number of phenols is 1. The van der Waals surface area contributed by atoms with E-state index in [1.807, 2.05) is 24.3 Å². The van der Waals surface area contributed by atoms with Gasteiger partial charge in [0.1, 0.15) is 22.8 Å². The van der Waals surface area contributed by atoms with Gasteiger partial charge in [0.2, 0.25) is 0 Å². The van der Waals surface area contributed by atoms with Crippen LogP contribution in [-0.4, -0.2) is 30.2 Å². The molecule has 1 N–H and O–H groups in total. The zero-order valence-corrected chi connectivity index (χ0v) is 15.4. The Hall–Kier alpha value is -2.79. The van der Waals surface area contributed by atoms with Crippen molar-refractivity contribution < 1.29 is 14.3 Å². The summed E-state index contributed by atoms with van der Waals surface area (Å²) >= 11 is 0. The lowest BCUT2D eigenvalue weighted by Crippen LogP contribution is -2.29. The largest absolute Gasteiger partial charge is 0.508 e. The summed E-state index contributed by atoms with van der Waals surface area (Å²) < 4.78 is 11.2. The van der Waals surface area contributed by atoms with Gasteiger partial charge in [-0.2, -0.15) is 0 Å². The monoisotopic (exact) mass is 365 g/mol. The van der Waals surface area contributed by atoms with Gasteiger partial charge in [-0.3, -0.25) is 9.69 Å². The van der Waals surface area contributed by atoms with Gasteiger partial charge in [-0.1, -0.05) is 6.42 Å². The first kappa shape index (κ1) is 17.6. The first-order valence-corrected chi connectivity index (χ1v) is 9.31. The predicted octanol–water partition coefficient (Wildman–Crippen LogP) is 4.16. The van der Waals surface area contributed by atoms with Crippen molar-refractivity contribution in [3.8, 4) is 22.8 Å². The molecule has 3 aromatic rings. The van der Waals surface area contributed by atoms with Crippen LogP contribution in [0.25, 0.3) is 22.3 Å². The summed E-state index contributed by atoms with van der Waals surface area (Å²) in [7, 11) is 1.61. The Morgan fingerprint density at radius 1 is 1.07 bits per heavy atom. The summed E-state index contributed by atoms with van der Waals surface area (Å²) in [6.45, 7) is 2.55. The molecule has 0 radical (unpaired) electrons. The molecule has 0 spiro atoms. The van der Waals surface area contributed by atoms with Crippen LogP contribution in [0, 0.1) is 0 Å². The van der Waals surface area contributed by atoms with Crippen molar-refractivity contribution >= 4 is 11.0 Å². The first-order chi connectivity index (χ1) is 13.2. The molecule has 5 nitrogen and oxygen atoms in total. The third kappa shape index (κ3) is 3.55. The van der Waals surface area contributed by atoms with Gasteiger partial charge in [0.25, 0.3) is 0 Å². The minimum atomic E-state index is -0.134. The second-order valence-electron chi connectivity index (χ2n) is 6.98. The summed E-state index contributed by atoms with van der Waals surface area (Å²) in [5, 5.41) is 10.9. The summed E-state index contributed by atoms with van der Waals surface area (Å²) in [5.74, 6) is 1.40. The van der Waals surface area contributed by atoms with Crippen molar-refractivity contribution in [2.45, 2.75) is 25.8 Å². The Morgan fingerprint density at radius 3 is 2.52 bits per heavy atom. The maximum Gasteiger partial charge on any atom is 0.193 e. The Balaban J connectivity index is 1.76. The zero-order valence-electron chi connectivity index (χ0n) is 15.4. The third-order valence-corrected chi connectivity index (χ3v) is 5.18. The Labute approximate surface area is 157 Å². The molecule has 1 saturated heterocycles. The fraction of sp³-hybridized carbons (Fsp3) is 0.318. The van der Waals surface area contributed by atoms with Crippen LogP contribution < -0.4 is 10.2 Å². The molecule has 1 aliphatic heterocycles. The highest BCUT2D eigenvalue weighted by Gasteiger charge is 2.18. The highest BCUT2D eigenvalue weighted by molar-refractivity contribution is 5.84. The van der Waals surface area contributed by atoms with Crippen LogP contribution in [-0.2, 0) is 6.54 Å². The van der Waals surface area contributed by atoms with E-state index >= 15 is 0 Å². The van der Waals surface area contributed by atoms with Crippen LogP contribution in [0.1, 0.15) is 24.8 Å². The molecule has 4 rings (SSSR count). The quantitative estimate of drug-likeness (QED) is 0.752. The Bertz CT molecular complexity index is 1000. The maximum atomic E-state index is 12.9. The van der Waals surface area contributed by atoms with E-state index in [0.717, 1.165) is 37.2 Å². The van der Waals surface area contributed by atoms with Gasteiger partial charge in [-0.05, 0) is 62.3 Å². The van der Waals surface area contributed by atoms with Crippen LogP contribution in [0.15, 0.2) is 51.7 Å². The number of piperidine rings is 1. The topological polar surface area (TPSA) is 62.9 Å². The second kappa shape index (κ2) is 7.45. The summed E-state index contributed by atoms with van der Waals surface area (Å²) in [6, 6.07) is 12.2. The van der Waals surface area contributed by atoms with E-state index in [1.165, 1.54) is 12.5 Å². The fourth-order valence-corrected chi connectivity index (χ4v) is 3.71. The van der Waals surface area contributed by atoms with Gasteiger partial charge in [0, 0.05) is 23.7 Å². The van der Waals surface area contributed by atoms with Crippen molar-refractivity contribution in [1.82, 2.24) is 4.90 Å².